The maximum atomic E-state index is 13.2. The SMILES string of the molecule is Fc1cc(Br)cc(Cn2cc(CCCCl)nn2)c1. The van der Waals surface area contributed by atoms with Crippen LogP contribution in [0.3, 0.4) is 0 Å². The number of rotatable bonds is 5. The van der Waals surface area contributed by atoms with Crippen molar-refractivity contribution in [1.29, 1.82) is 0 Å². The van der Waals surface area contributed by atoms with E-state index in [4.69, 9.17) is 11.6 Å². The zero-order chi connectivity index (χ0) is 13.0. The molecule has 0 bridgehead atoms. The van der Waals surface area contributed by atoms with E-state index in [1.54, 1.807) is 4.68 Å². The molecule has 0 saturated heterocycles. The normalized spacial score (nSPS) is 10.8. The fourth-order valence-electron chi connectivity index (χ4n) is 1.67. The van der Waals surface area contributed by atoms with Gasteiger partial charge < -0.3 is 0 Å². The molecule has 1 aromatic carbocycles. The number of hydrogen-bond acceptors (Lipinski definition) is 2. The molecule has 0 fully saturated rings. The van der Waals surface area contributed by atoms with E-state index < -0.39 is 0 Å². The van der Waals surface area contributed by atoms with E-state index in [2.05, 4.69) is 26.2 Å². The Morgan fingerprint density at radius 2 is 2.17 bits per heavy atom. The lowest BCUT2D eigenvalue weighted by atomic mass is 10.2. The van der Waals surface area contributed by atoms with Crippen LogP contribution in [0.15, 0.2) is 28.9 Å². The van der Waals surface area contributed by atoms with Crippen molar-refractivity contribution in [3.63, 3.8) is 0 Å². The first kappa shape index (κ1) is 13.5. The van der Waals surface area contributed by atoms with Gasteiger partial charge in [0.1, 0.15) is 5.82 Å². The molecule has 96 valence electrons. The Balaban J connectivity index is 2.06. The van der Waals surface area contributed by atoms with E-state index >= 15 is 0 Å². The van der Waals surface area contributed by atoms with Gasteiger partial charge in [-0.15, -0.1) is 16.7 Å². The third-order valence-electron chi connectivity index (χ3n) is 2.42. The van der Waals surface area contributed by atoms with Crippen molar-refractivity contribution >= 4 is 27.5 Å². The fourth-order valence-corrected chi connectivity index (χ4v) is 2.31. The number of benzene rings is 1. The van der Waals surface area contributed by atoms with E-state index in [0.29, 0.717) is 12.4 Å². The average Bonchev–Trinajstić information content (AvgIpc) is 2.72. The molecule has 1 aromatic heterocycles. The largest absolute Gasteiger partial charge is 0.248 e. The van der Waals surface area contributed by atoms with Gasteiger partial charge in [-0.2, -0.15) is 0 Å². The maximum Gasteiger partial charge on any atom is 0.124 e. The van der Waals surface area contributed by atoms with Crippen molar-refractivity contribution in [1.82, 2.24) is 15.0 Å². The van der Waals surface area contributed by atoms with E-state index in [9.17, 15) is 4.39 Å². The van der Waals surface area contributed by atoms with Gasteiger partial charge in [0.05, 0.1) is 12.2 Å². The van der Waals surface area contributed by atoms with Gasteiger partial charge in [0.25, 0.3) is 0 Å². The number of alkyl halides is 1. The van der Waals surface area contributed by atoms with Crippen molar-refractivity contribution in [3.8, 4) is 0 Å². The predicted octanol–water partition coefficient (Wildman–Crippen LogP) is 3.40. The van der Waals surface area contributed by atoms with Crippen LogP contribution in [-0.2, 0) is 13.0 Å². The molecule has 6 heteroatoms. The number of hydrogen-bond donors (Lipinski definition) is 0. The molecule has 0 N–H and O–H groups in total. The van der Waals surface area contributed by atoms with Gasteiger partial charge in [-0.05, 0) is 36.6 Å². The van der Waals surface area contributed by atoms with Crippen LogP contribution in [0.1, 0.15) is 17.7 Å². The van der Waals surface area contributed by atoms with Crippen molar-refractivity contribution in [2.24, 2.45) is 0 Å². The topological polar surface area (TPSA) is 30.7 Å². The fraction of sp³-hybridized carbons (Fsp3) is 0.333. The highest BCUT2D eigenvalue weighted by atomic mass is 79.9. The van der Waals surface area contributed by atoms with Crippen molar-refractivity contribution in [3.05, 3.63) is 45.9 Å². The first-order valence-corrected chi connectivity index (χ1v) is 6.90. The smallest absolute Gasteiger partial charge is 0.124 e. The Kier molecular flexibility index (Phi) is 4.72. The van der Waals surface area contributed by atoms with Gasteiger partial charge in [0.15, 0.2) is 0 Å². The zero-order valence-electron chi connectivity index (χ0n) is 9.61. The molecule has 0 saturated carbocycles. The Labute approximate surface area is 118 Å². The molecule has 0 aliphatic carbocycles. The van der Waals surface area contributed by atoms with Crippen LogP contribution < -0.4 is 0 Å². The van der Waals surface area contributed by atoms with Crippen LogP contribution >= 0.6 is 27.5 Å². The summed E-state index contributed by atoms with van der Waals surface area (Å²) in [6.45, 7) is 0.504. The van der Waals surface area contributed by atoms with Crippen molar-refractivity contribution in [2.45, 2.75) is 19.4 Å². The molecular weight excluding hydrogens is 321 g/mol. The number of aryl methyl sites for hydroxylation is 1. The van der Waals surface area contributed by atoms with Crippen LogP contribution in [0.5, 0.6) is 0 Å². The second kappa shape index (κ2) is 6.29. The molecule has 0 radical (unpaired) electrons. The van der Waals surface area contributed by atoms with Crippen LogP contribution in [0.4, 0.5) is 4.39 Å². The Bertz CT molecular complexity index is 510. The Hall–Kier alpha value is -0.940. The lowest BCUT2D eigenvalue weighted by Crippen LogP contribution is -2.01. The van der Waals surface area contributed by atoms with E-state index in [0.717, 1.165) is 28.6 Å². The third kappa shape index (κ3) is 3.78. The predicted molar refractivity (Wildman–Crippen MR) is 72.3 cm³/mol. The highest BCUT2D eigenvalue weighted by molar-refractivity contribution is 9.10. The number of halogens is 3. The molecule has 0 unspecified atom stereocenters. The standard InChI is InChI=1S/C12H12BrClFN3/c13-10-4-9(5-11(15)6-10)7-18-8-12(16-17-18)2-1-3-14/h4-6,8H,1-3,7H2. The lowest BCUT2D eigenvalue weighted by molar-refractivity contribution is 0.613. The highest BCUT2D eigenvalue weighted by Gasteiger charge is 2.03. The van der Waals surface area contributed by atoms with Crippen LogP contribution in [-0.4, -0.2) is 20.9 Å². The summed E-state index contributed by atoms with van der Waals surface area (Å²) in [5, 5.41) is 8.05. The van der Waals surface area contributed by atoms with Gasteiger partial charge in [0, 0.05) is 16.5 Å². The number of aromatic nitrogens is 3. The third-order valence-corrected chi connectivity index (χ3v) is 3.14. The molecule has 2 aromatic rings. The molecule has 0 aliphatic rings. The summed E-state index contributed by atoms with van der Waals surface area (Å²) in [5.41, 5.74) is 1.75. The summed E-state index contributed by atoms with van der Waals surface area (Å²) >= 11 is 8.89. The molecule has 3 nitrogen and oxygen atoms in total. The maximum absolute atomic E-state index is 13.2. The van der Waals surface area contributed by atoms with Crippen LogP contribution in [0, 0.1) is 5.82 Å². The molecule has 2 rings (SSSR count). The second-order valence-corrected chi connectivity index (χ2v) is 5.27. The average molecular weight is 333 g/mol. The van der Waals surface area contributed by atoms with Gasteiger partial charge in [-0.25, -0.2) is 9.07 Å². The van der Waals surface area contributed by atoms with Crippen molar-refractivity contribution in [2.75, 3.05) is 5.88 Å². The summed E-state index contributed by atoms with van der Waals surface area (Å²) in [7, 11) is 0. The minimum atomic E-state index is -0.262. The molecule has 18 heavy (non-hydrogen) atoms. The van der Waals surface area contributed by atoms with Crippen LogP contribution in [0.2, 0.25) is 0 Å². The van der Waals surface area contributed by atoms with E-state index in [1.165, 1.54) is 12.1 Å². The Morgan fingerprint density at radius 3 is 2.89 bits per heavy atom. The second-order valence-electron chi connectivity index (χ2n) is 3.98. The van der Waals surface area contributed by atoms with E-state index in [-0.39, 0.29) is 5.82 Å². The van der Waals surface area contributed by atoms with Gasteiger partial charge >= 0.3 is 0 Å². The summed E-state index contributed by atoms with van der Waals surface area (Å²) in [6.07, 6.45) is 3.56. The minimum Gasteiger partial charge on any atom is -0.248 e. The van der Waals surface area contributed by atoms with E-state index in [1.807, 2.05) is 12.3 Å². The molecule has 0 aliphatic heterocycles. The first-order chi connectivity index (χ1) is 8.67. The van der Waals surface area contributed by atoms with Crippen molar-refractivity contribution < 1.29 is 4.39 Å². The molecule has 1 heterocycles. The molecule has 0 amide bonds. The summed E-state index contributed by atoms with van der Waals surface area (Å²) in [5.74, 6) is 0.353. The Morgan fingerprint density at radius 1 is 1.33 bits per heavy atom. The molecule has 0 atom stereocenters. The molecular formula is C12H12BrClFN3. The highest BCUT2D eigenvalue weighted by Crippen LogP contribution is 2.15. The summed E-state index contributed by atoms with van der Waals surface area (Å²) in [6, 6.07) is 4.78. The van der Waals surface area contributed by atoms with Crippen LogP contribution in [0.25, 0.3) is 0 Å². The monoisotopic (exact) mass is 331 g/mol. The first-order valence-electron chi connectivity index (χ1n) is 5.57. The van der Waals surface area contributed by atoms with Gasteiger partial charge in [-0.3, -0.25) is 0 Å². The zero-order valence-corrected chi connectivity index (χ0v) is 12.0. The summed E-state index contributed by atoms with van der Waals surface area (Å²) < 4.78 is 15.6. The van der Waals surface area contributed by atoms with Gasteiger partial charge in [-0.1, -0.05) is 21.1 Å². The quantitative estimate of drug-likeness (QED) is 0.786. The lowest BCUT2D eigenvalue weighted by Gasteiger charge is -2.02. The summed E-state index contributed by atoms with van der Waals surface area (Å²) in [4.78, 5) is 0. The minimum absolute atomic E-state index is 0.262. The molecule has 0 spiro atoms. The van der Waals surface area contributed by atoms with Gasteiger partial charge in [0.2, 0.25) is 0 Å². The number of nitrogens with zero attached hydrogens (tertiary/aromatic N) is 3.